The molecule has 0 N–H and O–H groups in total. The highest BCUT2D eigenvalue weighted by Crippen LogP contribution is 2.60. The van der Waals surface area contributed by atoms with Gasteiger partial charge < -0.3 is 0 Å². The van der Waals surface area contributed by atoms with Gasteiger partial charge in [-0.25, -0.2) is 0 Å². The van der Waals surface area contributed by atoms with Crippen LogP contribution in [0.2, 0.25) is 0 Å². The van der Waals surface area contributed by atoms with Gasteiger partial charge in [-0.1, -0.05) is 6.92 Å². The molecule has 3 saturated heterocycles. The van der Waals surface area contributed by atoms with E-state index in [1.165, 1.54) is 28.8 Å². The van der Waals surface area contributed by atoms with E-state index in [0.29, 0.717) is 8.16 Å². The lowest BCUT2D eigenvalue weighted by atomic mass is 10.3. The van der Waals surface area contributed by atoms with Crippen molar-refractivity contribution in [2.75, 3.05) is 28.8 Å². The van der Waals surface area contributed by atoms with Gasteiger partial charge in [-0.2, -0.15) is 23.5 Å². The summed E-state index contributed by atoms with van der Waals surface area (Å²) < 4.78 is 0.884. The summed E-state index contributed by atoms with van der Waals surface area (Å²) in [6.07, 6.45) is 0. The van der Waals surface area contributed by atoms with E-state index in [4.69, 9.17) is 0 Å². The molecule has 3 unspecified atom stereocenters. The Balaban J connectivity index is 1.57. The SMILES string of the molecule is CC1SC(C)(SC2CSC2)CSC1(C)SC1CSC1. The molecule has 0 radical (unpaired) electrons. The second kappa shape index (κ2) is 6.31. The normalized spacial score (nSPS) is 44.7. The van der Waals surface area contributed by atoms with E-state index in [0.717, 1.165) is 15.7 Å². The molecule has 6 heteroatoms. The second-order valence-electron chi connectivity index (χ2n) is 5.75. The summed E-state index contributed by atoms with van der Waals surface area (Å²) in [7, 11) is 0. The maximum absolute atomic E-state index is 2.49. The van der Waals surface area contributed by atoms with Crippen LogP contribution in [-0.4, -0.2) is 52.7 Å². The van der Waals surface area contributed by atoms with Crippen molar-refractivity contribution in [3.8, 4) is 0 Å². The lowest BCUT2D eigenvalue weighted by molar-refractivity contribution is 0.823. The molecule has 0 spiro atoms. The average Bonchev–Trinajstić information content (AvgIpc) is 2.25. The monoisotopic (exact) mass is 370 g/mol. The highest BCUT2D eigenvalue weighted by molar-refractivity contribution is 8.26. The molecule has 110 valence electrons. The van der Waals surface area contributed by atoms with E-state index >= 15 is 0 Å². The first-order valence-corrected chi connectivity index (χ1v) is 12.8. The molecule has 0 saturated carbocycles. The van der Waals surface area contributed by atoms with Crippen LogP contribution in [0.5, 0.6) is 0 Å². The summed E-state index contributed by atoms with van der Waals surface area (Å²) in [4.78, 5) is 0. The molecule has 0 aliphatic carbocycles. The van der Waals surface area contributed by atoms with Crippen LogP contribution in [0.3, 0.4) is 0 Å². The molecule has 0 aromatic rings. The minimum absolute atomic E-state index is 0.435. The summed E-state index contributed by atoms with van der Waals surface area (Å²) >= 11 is 13.2. The van der Waals surface area contributed by atoms with Gasteiger partial charge in [-0.3, -0.25) is 0 Å². The first kappa shape index (κ1) is 16.0. The lowest BCUT2D eigenvalue weighted by Gasteiger charge is -2.49. The predicted octanol–water partition coefficient (Wildman–Crippen LogP) is 4.98. The zero-order valence-corrected chi connectivity index (χ0v) is 16.6. The standard InChI is InChI=1S/C13H22S6/c1-9-13(3,19-11-6-15-7-11)16-8-12(2,17-9)18-10-4-14-5-10/h9-11H,4-8H2,1-3H3. The van der Waals surface area contributed by atoms with E-state index in [-0.39, 0.29) is 0 Å². The quantitative estimate of drug-likeness (QED) is 0.679. The molecule has 3 heterocycles. The Labute approximate surface area is 143 Å². The zero-order chi connectivity index (χ0) is 13.5. The van der Waals surface area contributed by atoms with Crippen molar-refractivity contribution in [1.82, 2.24) is 0 Å². The van der Waals surface area contributed by atoms with Gasteiger partial charge in [0.05, 0.1) is 8.16 Å². The average molecular weight is 371 g/mol. The van der Waals surface area contributed by atoms with Crippen LogP contribution in [0.4, 0.5) is 0 Å². The molecule has 0 nitrogen and oxygen atoms in total. The first-order chi connectivity index (χ1) is 8.99. The van der Waals surface area contributed by atoms with Crippen LogP contribution in [0.1, 0.15) is 20.8 Å². The van der Waals surface area contributed by atoms with E-state index < -0.39 is 0 Å². The predicted molar refractivity (Wildman–Crippen MR) is 104 cm³/mol. The van der Waals surface area contributed by atoms with Gasteiger partial charge in [0.2, 0.25) is 0 Å². The number of thioether (sulfide) groups is 6. The Morgan fingerprint density at radius 2 is 1.53 bits per heavy atom. The minimum atomic E-state index is 0.435. The lowest BCUT2D eigenvalue weighted by Crippen LogP contribution is -2.44. The van der Waals surface area contributed by atoms with Gasteiger partial charge in [-0.15, -0.1) is 47.0 Å². The van der Waals surface area contributed by atoms with E-state index in [1.54, 1.807) is 0 Å². The smallest absolute Gasteiger partial charge is 0.0703 e. The molecule has 19 heavy (non-hydrogen) atoms. The first-order valence-electron chi connectivity index (χ1n) is 6.82. The number of rotatable bonds is 4. The van der Waals surface area contributed by atoms with Crippen LogP contribution in [0, 0.1) is 0 Å². The molecular formula is C13H22S6. The van der Waals surface area contributed by atoms with Crippen LogP contribution >= 0.6 is 70.6 Å². The highest BCUT2D eigenvalue weighted by atomic mass is 32.2. The molecule has 3 aliphatic rings. The summed E-state index contributed by atoms with van der Waals surface area (Å²) in [6.45, 7) is 7.44. The second-order valence-corrected chi connectivity index (χ2v) is 15.2. The summed E-state index contributed by atoms with van der Waals surface area (Å²) in [5.41, 5.74) is 0. The van der Waals surface area contributed by atoms with Crippen LogP contribution < -0.4 is 0 Å². The van der Waals surface area contributed by atoms with Gasteiger partial charge in [0.25, 0.3) is 0 Å². The number of hydrogen-bond acceptors (Lipinski definition) is 6. The number of hydrogen-bond donors (Lipinski definition) is 0. The molecular weight excluding hydrogens is 349 g/mol. The summed E-state index contributed by atoms with van der Waals surface area (Å²) in [5.74, 6) is 6.83. The Kier molecular flexibility index (Phi) is 5.30. The maximum atomic E-state index is 2.49. The van der Waals surface area contributed by atoms with Crippen LogP contribution in [-0.2, 0) is 0 Å². The van der Waals surface area contributed by atoms with Crippen molar-refractivity contribution in [2.24, 2.45) is 0 Å². The Morgan fingerprint density at radius 1 is 0.947 bits per heavy atom. The minimum Gasteiger partial charge on any atom is -0.160 e. The Bertz CT molecular complexity index is 329. The molecule has 3 fully saturated rings. The van der Waals surface area contributed by atoms with Crippen molar-refractivity contribution in [3.05, 3.63) is 0 Å². The van der Waals surface area contributed by atoms with E-state index in [9.17, 15) is 0 Å². The molecule has 3 rings (SSSR count). The third kappa shape index (κ3) is 3.72. The third-order valence-corrected chi connectivity index (χ3v) is 15.0. The van der Waals surface area contributed by atoms with Crippen molar-refractivity contribution in [1.29, 1.82) is 0 Å². The molecule has 3 atom stereocenters. The fraction of sp³-hybridized carbons (Fsp3) is 1.00. The largest absolute Gasteiger partial charge is 0.160 e. The van der Waals surface area contributed by atoms with Gasteiger partial charge in [0.1, 0.15) is 0 Å². The molecule has 0 amide bonds. The summed E-state index contributed by atoms with van der Waals surface area (Å²) in [6, 6.07) is 0. The van der Waals surface area contributed by atoms with Gasteiger partial charge >= 0.3 is 0 Å². The van der Waals surface area contributed by atoms with Crippen molar-refractivity contribution >= 4 is 70.6 Å². The van der Waals surface area contributed by atoms with Gasteiger partial charge in [0.15, 0.2) is 0 Å². The van der Waals surface area contributed by atoms with Crippen molar-refractivity contribution in [3.63, 3.8) is 0 Å². The zero-order valence-electron chi connectivity index (χ0n) is 11.7. The van der Waals surface area contributed by atoms with Gasteiger partial charge in [-0.05, 0) is 13.8 Å². The van der Waals surface area contributed by atoms with E-state index in [2.05, 4.69) is 91.3 Å². The Morgan fingerprint density at radius 3 is 2.00 bits per heavy atom. The third-order valence-electron chi connectivity index (χ3n) is 3.82. The molecule has 0 aromatic heterocycles. The van der Waals surface area contributed by atoms with Crippen molar-refractivity contribution in [2.45, 2.75) is 44.7 Å². The maximum Gasteiger partial charge on any atom is 0.0703 e. The van der Waals surface area contributed by atoms with Crippen LogP contribution in [0.25, 0.3) is 0 Å². The summed E-state index contributed by atoms with van der Waals surface area (Å²) in [5, 5.41) is 2.60. The topological polar surface area (TPSA) is 0 Å². The van der Waals surface area contributed by atoms with E-state index in [1.807, 2.05) is 0 Å². The van der Waals surface area contributed by atoms with Crippen molar-refractivity contribution < 1.29 is 0 Å². The molecule has 0 aromatic carbocycles. The molecule has 3 aliphatic heterocycles. The van der Waals surface area contributed by atoms with Gasteiger partial charge in [0, 0.05) is 44.5 Å². The highest BCUT2D eigenvalue weighted by Gasteiger charge is 2.47. The molecule has 0 bridgehead atoms. The fourth-order valence-electron chi connectivity index (χ4n) is 2.35. The fourth-order valence-corrected chi connectivity index (χ4v) is 12.2. The Hall–Kier alpha value is 2.10. The van der Waals surface area contributed by atoms with Crippen LogP contribution in [0.15, 0.2) is 0 Å².